The molecule has 102 heavy (non-hydrogen) atoms. The van der Waals surface area contributed by atoms with Crippen LogP contribution in [0.1, 0.15) is 102 Å². The van der Waals surface area contributed by atoms with Gasteiger partial charge >= 0.3 is 23.8 Å². The summed E-state index contributed by atoms with van der Waals surface area (Å²) < 4.78 is 82.0. The van der Waals surface area contributed by atoms with Gasteiger partial charge in [0, 0.05) is 81.8 Å². The van der Waals surface area contributed by atoms with Crippen molar-refractivity contribution in [3.8, 4) is 0 Å². The summed E-state index contributed by atoms with van der Waals surface area (Å²) in [7, 11) is -6.37. The number of oxazole rings is 1. The normalized spacial score (nSPS) is 11.9. The molecule has 8 aromatic carbocycles. The predicted octanol–water partition coefficient (Wildman–Crippen LogP) is 14.6. The van der Waals surface area contributed by atoms with Gasteiger partial charge in [0.25, 0.3) is 0 Å². The quantitative estimate of drug-likeness (QED) is 0.0562. The summed E-state index contributed by atoms with van der Waals surface area (Å²) in [5.41, 5.74) is 18.2. The Labute approximate surface area is 604 Å². The van der Waals surface area contributed by atoms with E-state index in [1.807, 2.05) is 180 Å². The Morgan fingerprint density at radius 1 is 0.520 bits per heavy atom. The van der Waals surface area contributed by atoms with E-state index >= 15 is 0 Å². The van der Waals surface area contributed by atoms with E-state index in [1.54, 1.807) is 64.3 Å². The monoisotopic (exact) mass is 1450 g/mol. The van der Waals surface area contributed by atoms with Crippen LogP contribution in [0.5, 0.6) is 0 Å². The van der Waals surface area contributed by atoms with Gasteiger partial charge in [-0.1, -0.05) is 162 Å². The van der Waals surface area contributed by atoms with E-state index in [-0.39, 0.29) is 29.6 Å². The van der Waals surface area contributed by atoms with Gasteiger partial charge < -0.3 is 25.7 Å². The second-order valence-electron chi connectivity index (χ2n) is 25.2. The molecule has 0 aliphatic carbocycles. The molecule has 0 spiro atoms. The average Bonchev–Trinajstić information content (AvgIpc) is 1.68. The van der Waals surface area contributed by atoms with Gasteiger partial charge in [-0.05, 0) is 184 Å². The number of aryl methyl sites for hydroxylation is 8. The third-order valence-electron chi connectivity index (χ3n) is 15.7. The number of anilines is 5. The molecule has 0 bridgehead atoms. The average molecular weight is 1450 g/mol. The number of aromatic nitrogens is 1. The highest BCUT2D eigenvalue weighted by Gasteiger charge is 2.25. The molecule has 0 saturated carbocycles. The smallest absolute Gasteiger partial charge is 0.408 e. The van der Waals surface area contributed by atoms with Crippen LogP contribution in [0.25, 0.3) is 11.1 Å². The van der Waals surface area contributed by atoms with E-state index < -0.39 is 35.3 Å². The molecule has 0 fully saturated rings. The minimum atomic E-state index is -3.35. The summed E-state index contributed by atoms with van der Waals surface area (Å²) >= 11 is 0. The molecule has 0 unspecified atom stereocenters. The third-order valence-corrected chi connectivity index (χ3v) is 20.0. The molecule has 1 aromatic heterocycles. The van der Waals surface area contributed by atoms with Crippen molar-refractivity contribution in [3.05, 3.63) is 254 Å². The van der Waals surface area contributed by atoms with Crippen molar-refractivity contribution < 1.29 is 44.1 Å². The zero-order chi connectivity index (χ0) is 75.3. The molecule has 2 aliphatic rings. The first-order valence-corrected chi connectivity index (χ1v) is 38.9. The fourth-order valence-corrected chi connectivity index (χ4v) is 12.2. The van der Waals surface area contributed by atoms with E-state index in [9.17, 15) is 44.4 Å². The Bertz CT molecular complexity index is 4570. The van der Waals surface area contributed by atoms with Crippen LogP contribution in [-0.2, 0) is 62.3 Å². The zero-order valence-corrected chi connectivity index (χ0v) is 63.9. The Kier molecular flexibility index (Phi) is 32.5. The minimum absolute atomic E-state index is 0.0122. The van der Waals surface area contributed by atoms with Crippen LogP contribution in [0.4, 0.5) is 42.8 Å². The van der Waals surface area contributed by atoms with Gasteiger partial charge in [-0.15, -0.1) is 0 Å². The lowest BCUT2D eigenvalue weighted by Gasteiger charge is -2.17. The SMILES string of the molecule is CCCNC(=O)N1CCc2cc(C)ccc21.CCNC(=O)N1CCc2cc(C)ccc21.CCNC(=O)Nc1ccc(C)cc1.Cc1ccc(CN(C)S(C)(=O)=O)cc1.Cc1ccc(NS(=O)(=O)C(C)C)cc1.Cc1ccc(NS(=O)(=O)Cc2ccccc2)cc1.Cc1ccc2c(c1)oc(=O)n2C. The molecule has 0 atom stereocenters. The van der Waals surface area contributed by atoms with E-state index in [2.05, 4.69) is 75.7 Å². The summed E-state index contributed by atoms with van der Waals surface area (Å²) in [6.45, 7) is 27.3. The van der Waals surface area contributed by atoms with Gasteiger partial charge in [-0.2, -0.15) is 0 Å². The lowest BCUT2D eigenvalue weighted by atomic mass is 10.1. The molecule has 24 heteroatoms. The number of hydrogen-bond donors (Lipinski definition) is 6. The molecule has 11 rings (SSSR count). The number of rotatable bonds is 15. The number of nitrogens with zero attached hydrogens (tertiary/aromatic N) is 4. The first-order valence-electron chi connectivity index (χ1n) is 33.8. The van der Waals surface area contributed by atoms with Crippen LogP contribution in [0.3, 0.4) is 0 Å². The van der Waals surface area contributed by atoms with Crippen molar-refractivity contribution in [3.63, 3.8) is 0 Å². The highest BCUT2D eigenvalue weighted by Crippen LogP contribution is 2.30. The first-order chi connectivity index (χ1) is 48.2. The van der Waals surface area contributed by atoms with Crippen molar-refractivity contribution in [2.24, 2.45) is 7.05 Å². The Morgan fingerprint density at radius 2 is 0.951 bits per heavy atom. The van der Waals surface area contributed by atoms with Gasteiger partial charge in [0.1, 0.15) is 0 Å². The number of carbonyl (C=O) groups is 3. The standard InChI is InChI=1S/C14H15NO2S.C13H18N2O.C12H16N2O.C10H14N2O.2C10H15NO2S.C9H9NO2/c1-12-7-9-14(10-8-12)15-18(16,17)11-13-5-3-2-4-6-13;1-3-7-14-13(16)15-8-6-11-9-10(2)4-5-12(11)15;1-3-13-12(15)14-7-6-10-8-9(2)4-5-11(10)14;1-3-11-10(13)12-9-6-4-8(2)5-7-9;1-9-4-6-10(7-5-9)8-11(2)14(3,12)13;1-8(2)14(12,13)11-10-6-4-9(3)5-7-10;1-6-3-4-7-8(5-6)12-9(11)10(7)2/h2-10,15H,11H2,1H3;4-5,9H,3,6-8H2,1-2H3,(H,14,16);4-5,8H,3,6-7H2,1-2H3,(H,13,15);4-7H,3H2,1-2H3,(H2,11,12,13);4-7H,8H2,1-3H3;4-8,11H,1-3H3;3-5H,1-2H3. The van der Waals surface area contributed by atoms with Crippen molar-refractivity contribution in [2.45, 2.75) is 120 Å². The summed E-state index contributed by atoms with van der Waals surface area (Å²) in [6, 6.07) is 57.3. The van der Waals surface area contributed by atoms with Crippen LogP contribution < -0.4 is 46.3 Å². The molecule has 3 heterocycles. The molecule has 0 saturated heterocycles. The van der Waals surface area contributed by atoms with Gasteiger partial charge in [0.2, 0.25) is 30.1 Å². The lowest BCUT2D eigenvalue weighted by molar-refractivity contribution is 0.246. The number of amides is 6. The maximum Gasteiger partial charge on any atom is 0.419 e. The summed E-state index contributed by atoms with van der Waals surface area (Å²) in [6.07, 6.45) is 4.12. The van der Waals surface area contributed by atoms with Gasteiger partial charge in [0.15, 0.2) is 5.58 Å². The minimum Gasteiger partial charge on any atom is -0.408 e. The van der Waals surface area contributed by atoms with Gasteiger partial charge in [-0.3, -0.25) is 23.8 Å². The molecular formula is C78H102N10O11S3. The highest BCUT2D eigenvalue weighted by molar-refractivity contribution is 7.93. The highest BCUT2D eigenvalue weighted by atomic mass is 32.2. The van der Waals surface area contributed by atoms with Crippen molar-refractivity contribution in [1.82, 2.24) is 24.8 Å². The Balaban J connectivity index is 0.000000215. The largest absolute Gasteiger partial charge is 0.419 e. The maximum absolute atomic E-state index is 11.9. The van der Waals surface area contributed by atoms with Crippen LogP contribution >= 0.6 is 0 Å². The Morgan fingerprint density at radius 3 is 1.41 bits per heavy atom. The fraction of sp³-hybridized carbons (Fsp3) is 0.333. The topological polar surface area (TPSA) is 271 Å². The number of fused-ring (bicyclic) bond motifs is 3. The van der Waals surface area contributed by atoms with E-state index in [0.29, 0.717) is 36.6 Å². The fourth-order valence-electron chi connectivity index (χ4n) is 9.87. The number of sulfonamides is 3. The van der Waals surface area contributed by atoms with Crippen molar-refractivity contribution in [1.29, 1.82) is 0 Å². The van der Waals surface area contributed by atoms with E-state index in [0.717, 1.165) is 89.3 Å². The summed E-state index contributed by atoms with van der Waals surface area (Å²) in [4.78, 5) is 49.4. The molecule has 548 valence electrons. The number of hydrogen-bond acceptors (Lipinski definition) is 11. The zero-order valence-electron chi connectivity index (χ0n) is 61.5. The third kappa shape index (κ3) is 28.0. The van der Waals surface area contributed by atoms with Crippen molar-refractivity contribution >= 4 is 87.7 Å². The molecule has 0 radical (unpaired) electrons. The van der Waals surface area contributed by atoms with E-state index in [1.165, 1.54) is 48.5 Å². The number of urea groups is 3. The molecular weight excluding hydrogens is 1350 g/mol. The number of benzene rings is 8. The lowest BCUT2D eigenvalue weighted by Crippen LogP contribution is -2.39. The molecule has 6 N–H and O–H groups in total. The predicted molar refractivity (Wildman–Crippen MR) is 418 cm³/mol. The van der Waals surface area contributed by atoms with Crippen LogP contribution in [0, 0.1) is 48.5 Å². The van der Waals surface area contributed by atoms with Crippen LogP contribution in [0.2, 0.25) is 0 Å². The summed E-state index contributed by atoms with van der Waals surface area (Å²) in [5, 5.41) is 10.7. The molecule has 2 aliphatic heterocycles. The van der Waals surface area contributed by atoms with Gasteiger partial charge in [-0.25, -0.2) is 48.7 Å². The number of carbonyl (C=O) groups excluding carboxylic acids is 3. The van der Waals surface area contributed by atoms with Gasteiger partial charge in [0.05, 0.1) is 22.8 Å². The molecule has 21 nitrogen and oxygen atoms in total. The molecule has 9 aromatic rings. The van der Waals surface area contributed by atoms with Crippen molar-refractivity contribution in [2.75, 3.05) is 70.6 Å². The maximum atomic E-state index is 11.9. The Hall–Kier alpha value is -9.75. The van der Waals surface area contributed by atoms with Crippen LogP contribution in [-0.4, -0.2) is 103 Å². The number of nitrogens with one attached hydrogen (secondary N) is 6. The second-order valence-corrected chi connectivity index (χ2v) is 31.2. The first kappa shape index (κ1) is 82.9. The van der Waals surface area contributed by atoms with Crippen LogP contribution in [0.15, 0.2) is 191 Å². The summed E-state index contributed by atoms with van der Waals surface area (Å²) in [5.74, 6) is -0.322. The van der Waals surface area contributed by atoms with E-state index in [4.69, 9.17) is 4.42 Å². The second kappa shape index (κ2) is 40.0. The molecule has 6 amide bonds.